The number of benzene rings is 1. The predicted molar refractivity (Wildman–Crippen MR) is 154 cm³/mol. The molecule has 0 radical (unpaired) electrons. The summed E-state index contributed by atoms with van der Waals surface area (Å²) in [6.45, 7) is 6.95. The van der Waals surface area contributed by atoms with Crippen LogP contribution in [0.1, 0.15) is 45.1 Å². The maximum atomic E-state index is 9.98. The van der Waals surface area contributed by atoms with Crippen LogP contribution in [0.2, 0.25) is 0 Å². The zero-order chi connectivity index (χ0) is 25.6. The van der Waals surface area contributed by atoms with Crippen molar-refractivity contribution in [2.45, 2.75) is 57.7 Å². The molecule has 1 saturated heterocycles. The third kappa shape index (κ3) is 3.91. The Morgan fingerprint density at radius 1 is 0.946 bits per heavy atom. The second-order valence-electron chi connectivity index (χ2n) is 11.5. The number of hydrogen-bond acceptors (Lipinski definition) is 3. The predicted octanol–water partition coefficient (Wildman–Crippen LogP) is 7.41. The zero-order valence-electron chi connectivity index (χ0n) is 22.0. The van der Waals surface area contributed by atoms with Gasteiger partial charge in [0.1, 0.15) is 0 Å². The van der Waals surface area contributed by atoms with Gasteiger partial charge in [-0.25, -0.2) is 0 Å². The smallest absolute Gasteiger partial charge is 0.0954 e. The molecular formula is C34H35N3. The van der Waals surface area contributed by atoms with Gasteiger partial charge >= 0.3 is 0 Å². The minimum absolute atomic E-state index is 0.143. The third-order valence-electron chi connectivity index (χ3n) is 9.05. The molecule has 37 heavy (non-hydrogen) atoms. The Morgan fingerprint density at radius 2 is 1.62 bits per heavy atom. The quantitative estimate of drug-likeness (QED) is 0.447. The summed E-state index contributed by atoms with van der Waals surface area (Å²) in [5, 5.41) is 9.98. The monoisotopic (exact) mass is 485 g/mol. The summed E-state index contributed by atoms with van der Waals surface area (Å²) in [6, 6.07) is 12.2. The fourth-order valence-electron chi connectivity index (χ4n) is 7.15. The molecule has 2 heterocycles. The van der Waals surface area contributed by atoms with Crippen molar-refractivity contribution in [3.05, 3.63) is 113 Å². The first kappa shape index (κ1) is 23.7. The summed E-state index contributed by atoms with van der Waals surface area (Å²) < 4.78 is 0. The molecule has 3 aliphatic carbocycles. The second kappa shape index (κ2) is 9.34. The number of nitrogens with zero attached hydrogens (tertiary/aromatic N) is 3. The largest absolute Gasteiger partial charge is 0.357 e. The van der Waals surface area contributed by atoms with Crippen LogP contribution < -0.4 is 4.90 Å². The Balaban J connectivity index is 1.48. The van der Waals surface area contributed by atoms with Crippen LogP contribution in [0, 0.1) is 28.6 Å². The second-order valence-corrected chi connectivity index (χ2v) is 11.5. The average Bonchev–Trinajstić information content (AvgIpc) is 2.93. The standard InChI is InChI=1S/C34H35N3/c1-23-20-24(21-35)28(22-36-23)26-13-5-4-12-25(26)27-14-6-9-17-31(27)37-32-18-10-7-15-29(32)34(2,3)30-16-8-11-19-33(30)37/h4-11,13-19,22-23,25,29-30,32-33H,12,20H2,1-3H3/t23?,25-,29?,30?,32?,33?/m1/s1. The fourth-order valence-corrected chi connectivity index (χ4v) is 7.15. The maximum Gasteiger partial charge on any atom is 0.0954 e. The lowest BCUT2D eigenvalue weighted by atomic mass is 9.58. The molecule has 0 saturated carbocycles. The first-order valence-electron chi connectivity index (χ1n) is 13.6. The number of dihydropyridines is 1. The highest BCUT2D eigenvalue weighted by atomic mass is 15.2. The van der Waals surface area contributed by atoms with E-state index in [4.69, 9.17) is 4.99 Å². The molecule has 1 aromatic carbocycles. The van der Waals surface area contributed by atoms with E-state index >= 15 is 0 Å². The van der Waals surface area contributed by atoms with E-state index < -0.39 is 0 Å². The molecular weight excluding hydrogens is 450 g/mol. The molecule has 1 aromatic rings. The molecule has 0 N–H and O–H groups in total. The molecule has 1 fully saturated rings. The summed E-state index contributed by atoms with van der Waals surface area (Å²) in [4.78, 5) is 7.39. The number of hydrogen-bond donors (Lipinski definition) is 0. The van der Waals surface area contributed by atoms with E-state index in [9.17, 15) is 5.26 Å². The van der Waals surface area contributed by atoms with Crippen LogP contribution in [-0.4, -0.2) is 24.3 Å². The van der Waals surface area contributed by atoms with Gasteiger partial charge in [-0.05, 0) is 36.0 Å². The van der Waals surface area contributed by atoms with Gasteiger partial charge in [-0.3, -0.25) is 4.99 Å². The number of fused-ring (bicyclic) bond motifs is 2. The Bertz CT molecular complexity index is 1330. The lowest BCUT2D eigenvalue weighted by Crippen LogP contribution is -2.61. The molecule has 2 aliphatic heterocycles. The fraction of sp³-hybridized carbons (Fsp3) is 0.353. The van der Waals surface area contributed by atoms with Crippen molar-refractivity contribution in [1.82, 2.24) is 0 Å². The van der Waals surface area contributed by atoms with E-state index in [1.807, 2.05) is 6.21 Å². The highest BCUT2D eigenvalue weighted by Crippen LogP contribution is 2.53. The highest BCUT2D eigenvalue weighted by Gasteiger charge is 2.51. The van der Waals surface area contributed by atoms with Gasteiger partial charge < -0.3 is 4.90 Å². The molecule has 6 atom stereocenters. The first-order valence-corrected chi connectivity index (χ1v) is 13.6. The van der Waals surface area contributed by atoms with Gasteiger partial charge in [0, 0.05) is 47.2 Å². The Labute approximate surface area is 221 Å². The summed E-state index contributed by atoms with van der Waals surface area (Å²) in [5.41, 5.74) is 5.86. The summed E-state index contributed by atoms with van der Waals surface area (Å²) in [5.74, 6) is 1.02. The molecule has 186 valence electrons. The van der Waals surface area contributed by atoms with Gasteiger partial charge in [0.25, 0.3) is 0 Å². The third-order valence-corrected chi connectivity index (χ3v) is 9.05. The summed E-state index contributed by atoms with van der Waals surface area (Å²) in [6.07, 6.45) is 28.7. The average molecular weight is 486 g/mol. The molecule has 0 bridgehead atoms. The van der Waals surface area contributed by atoms with Crippen LogP contribution in [-0.2, 0) is 0 Å². The molecule has 0 spiro atoms. The van der Waals surface area contributed by atoms with Crippen LogP contribution in [0.3, 0.4) is 0 Å². The molecule has 5 aliphatic rings. The first-order chi connectivity index (χ1) is 18.0. The van der Waals surface area contributed by atoms with Gasteiger partial charge in [-0.1, -0.05) is 98.9 Å². The van der Waals surface area contributed by atoms with Crippen molar-refractivity contribution in [2.24, 2.45) is 22.2 Å². The lowest BCUT2D eigenvalue weighted by molar-refractivity contribution is 0.109. The maximum absolute atomic E-state index is 9.98. The van der Waals surface area contributed by atoms with Gasteiger partial charge in [-0.15, -0.1) is 0 Å². The van der Waals surface area contributed by atoms with Crippen LogP contribution in [0.15, 0.2) is 113 Å². The van der Waals surface area contributed by atoms with Crippen molar-refractivity contribution in [3.63, 3.8) is 0 Å². The Morgan fingerprint density at radius 3 is 2.32 bits per heavy atom. The molecule has 3 heteroatoms. The Kier molecular flexibility index (Phi) is 6.00. The number of para-hydroxylation sites is 1. The number of rotatable bonds is 3. The Hall–Kier alpha value is -3.64. The molecule has 0 amide bonds. The van der Waals surface area contributed by atoms with E-state index in [2.05, 4.69) is 123 Å². The van der Waals surface area contributed by atoms with Crippen LogP contribution in [0.4, 0.5) is 5.69 Å². The van der Waals surface area contributed by atoms with Crippen LogP contribution >= 0.6 is 0 Å². The molecule has 3 nitrogen and oxygen atoms in total. The summed E-state index contributed by atoms with van der Waals surface area (Å²) in [7, 11) is 0. The minimum atomic E-state index is 0.143. The minimum Gasteiger partial charge on any atom is -0.357 e. The number of anilines is 1. The van der Waals surface area contributed by atoms with Crippen molar-refractivity contribution < 1.29 is 0 Å². The molecule has 5 unspecified atom stereocenters. The van der Waals surface area contributed by atoms with Crippen LogP contribution in [0.25, 0.3) is 0 Å². The molecule has 0 aromatic heterocycles. The van der Waals surface area contributed by atoms with Crippen molar-refractivity contribution >= 4 is 11.9 Å². The zero-order valence-corrected chi connectivity index (χ0v) is 22.0. The number of piperidine rings is 1. The van der Waals surface area contributed by atoms with Gasteiger partial charge in [0.15, 0.2) is 0 Å². The highest BCUT2D eigenvalue weighted by molar-refractivity contribution is 5.89. The van der Waals surface area contributed by atoms with E-state index in [1.165, 1.54) is 16.8 Å². The van der Waals surface area contributed by atoms with Gasteiger partial charge in [-0.2, -0.15) is 5.26 Å². The van der Waals surface area contributed by atoms with E-state index in [-0.39, 0.29) is 29.5 Å². The van der Waals surface area contributed by atoms with Crippen molar-refractivity contribution in [2.75, 3.05) is 4.90 Å². The number of allylic oxidation sites excluding steroid dienone is 9. The normalized spacial score (nSPS) is 33.1. The van der Waals surface area contributed by atoms with Gasteiger partial charge in [0.05, 0.1) is 24.2 Å². The van der Waals surface area contributed by atoms with E-state index in [0.29, 0.717) is 18.3 Å². The SMILES string of the molecule is CC1CC(C#N)=C(C2=CC=CC[C@H]2c2ccccc2N2C3C=CC=CC3C(C)(C)C3C=CC=CC32)C=N1. The van der Waals surface area contributed by atoms with Crippen molar-refractivity contribution in [1.29, 1.82) is 5.26 Å². The molecule has 6 rings (SSSR count). The topological polar surface area (TPSA) is 39.4 Å². The van der Waals surface area contributed by atoms with Crippen molar-refractivity contribution in [3.8, 4) is 6.07 Å². The van der Waals surface area contributed by atoms with Crippen LogP contribution in [0.5, 0.6) is 0 Å². The van der Waals surface area contributed by atoms with E-state index in [1.54, 1.807) is 0 Å². The number of nitriles is 1. The summed E-state index contributed by atoms with van der Waals surface area (Å²) >= 11 is 0. The van der Waals surface area contributed by atoms with Gasteiger partial charge in [0.2, 0.25) is 0 Å². The lowest BCUT2D eigenvalue weighted by Gasteiger charge is -2.58. The van der Waals surface area contributed by atoms with E-state index in [0.717, 1.165) is 17.6 Å². The number of aliphatic imine (C=N–C) groups is 1.